The minimum atomic E-state index is -0.225. The van der Waals surface area contributed by atoms with E-state index < -0.39 is 0 Å². The SMILES string of the molecule is Cc1ccc(CN2C(=O)C(=Cc3c(N4CCN(CCO)CC4)nc4ccccn4c3=O)SC2=S)cc1. The first kappa shape index (κ1) is 24.6. The fourth-order valence-corrected chi connectivity index (χ4v) is 5.66. The maximum Gasteiger partial charge on any atom is 0.267 e. The highest BCUT2D eigenvalue weighted by Crippen LogP contribution is 2.34. The van der Waals surface area contributed by atoms with Gasteiger partial charge in [-0.15, -0.1) is 0 Å². The molecule has 3 aromatic rings. The Morgan fingerprint density at radius 3 is 2.56 bits per heavy atom. The molecule has 0 atom stereocenters. The van der Waals surface area contributed by atoms with Crippen LogP contribution in [0.15, 0.2) is 58.4 Å². The molecule has 1 aromatic carbocycles. The molecule has 10 heteroatoms. The molecule has 1 N–H and O–H groups in total. The number of amides is 1. The van der Waals surface area contributed by atoms with Gasteiger partial charge in [0, 0.05) is 38.9 Å². The number of pyridine rings is 1. The molecule has 0 saturated carbocycles. The number of hydrogen-bond donors (Lipinski definition) is 1. The van der Waals surface area contributed by atoms with Gasteiger partial charge in [0.15, 0.2) is 0 Å². The monoisotopic (exact) mass is 521 g/mol. The fraction of sp³-hybridized carbons (Fsp3) is 0.308. The maximum absolute atomic E-state index is 13.6. The first-order valence-electron chi connectivity index (χ1n) is 11.8. The topological polar surface area (TPSA) is 81.4 Å². The molecule has 0 radical (unpaired) electrons. The van der Waals surface area contributed by atoms with Crippen LogP contribution in [0, 0.1) is 6.92 Å². The molecule has 4 heterocycles. The molecular formula is C26H27N5O3S2. The van der Waals surface area contributed by atoms with Gasteiger partial charge in [-0.1, -0.05) is 59.9 Å². The Morgan fingerprint density at radius 1 is 1.08 bits per heavy atom. The molecule has 8 nitrogen and oxygen atoms in total. The van der Waals surface area contributed by atoms with Gasteiger partial charge in [0.25, 0.3) is 11.5 Å². The lowest BCUT2D eigenvalue weighted by Crippen LogP contribution is -2.48. The maximum atomic E-state index is 13.6. The zero-order chi connectivity index (χ0) is 25.2. The summed E-state index contributed by atoms with van der Waals surface area (Å²) >= 11 is 6.75. The van der Waals surface area contributed by atoms with Crippen molar-refractivity contribution in [2.75, 3.05) is 44.2 Å². The summed E-state index contributed by atoms with van der Waals surface area (Å²) in [6.45, 7) is 6.00. The quantitative estimate of drug-likeness (QED) is 0.392. The molecule has 2 saturated heterocycles. The molecule has 0 bridgehead atoms. The molecule has 2 fully saturated rings. The predicted octanol–water partition coefficient (Wildman–Crippen LogP) is 2.52. The number of fused-ring (bicyclic) bond motifs is 1. The lowest BCUT2D eigenvalue weighted by molar-refractivity contribution is -0.122. The van der Waals surface area contributed by atoms with Gasteiger partial charge < -0.3 is 10.0 Å². The number of carbonyl (C=O) groups is 1. The molecule has 2 aliphatic heterocycles. The Hall–Kier alpha value is -3.05. The minimum Gasteiger partial charge on any atom is -0.395 e. The van der Waals surface area contributed by atoms with Crippen LogP contribution in [0.1, 0.15) is 16.7 Å². The number of rotatable bonds is 6. The second-order valence-electron chi connectivity index (χ2n) is 8.89. The molecule has 186 valence electrons. The van der Waals surface area contributed by atoms with Crippen LogP contribution in [0.25, 0.3) is 11.7 Å². The summed E-state index contributed by atoms with van der Waals surface area (Å²) in [4.78, 5) is 38.0. The third kappa shape index (κ3) is 4.94. The van der Waals surface area contributed by atoms with Crippen LogP contribution < -0.4 is 10.5 Å². The van der Waals surface area contributed by atoms with Crippen molar-refractivity contribution in [3.8, 4) is 0 Å². The number of carbonyl (C=O) groups excluding carboxylic acids is 1. The van der Waals surface area contributed by atoms with Crippen molar-refractivity contribution in [3.63, 3.8) is 0 Å². The third-order valence-electron chi connectivity index (χ3n) is 6.45. The van der Waals surface area contributed by atoms with Gasteiger partial charge in [-0.25, -0.2) is 4.98 Å². The molecule has 36 heavy (non-hydrogen) atoms. The number of piperazine rings is 1. The van der Waals surface area contributed by atoms with E-state index in [1.807, 2.05) is 37.3 Å². The van der Waals surface area contributed by atoms with Crippen molar-refractivity contribution in [2.45, 2.75) is 13.5 Å². The molecule has 5 rings (SSSR count). The number of thiocarbonyl (C=S) groups is 1. The van der Waals surface area contributed by atoms with E-state index in [-0.39, 0.29) is 18.1 Å². The van der Waals surface area contributed by atoms with Crippen molar-refractivity contribution < 1.29 is 9.90 Å². The summed E-state index contributed by atoms with van der Waals surface area (Å²) in [7, 11) is 0. The molecular weight excluding hydrogens is 494 g/mol. The van der Waals surface area contributed by atoms with Gasteiger partial charge in [0.1, 0.15) is 15.8 Å². The number of aliphatic hydroxyl groups excluding tert-OH is 1. The molecule has 0 aliphatic carbocycles. The summed E-state index contributed by atoms with van der Waals surface area (Å²) in [5, 5.41) is 9.26. The van der Waals surface area contributed by atoms with Gasteiger partial charge in [-0.05, 0) is 30.7 Å². The van der Waals surface area contributed by atoms with Crippen LogP contribution in [0.3, 0.4) is 0 Å². The van der Waals surface area contributed by atoms with E-state index in [2.05, 4.69) is 9.80 Å². The van der Waals surface area contributed by atoms with E-state index in [1.165, 1.54) is 16.2 Å². The summed E-state index contributed by atoms with van der Waals surface area (Å²) in [6.07, 6.45) is 3.34. The first-order valence-corrected chi connectivity index (χ1v) is 13.1. The smallest absolute Gasteiger partial charge is 0.267 e. The molecule has 0 unspecified atom stereocenters. The highest BCUT2D eigenvalue weighted by Gasteiger charge is 2.33. The van der Waals surface area contributed by atoms with E-state index in [4.69, 9.17) is 17.2 Å². The highest BCUT2D eigenvalue weighted by molar-refractivity contribution is 8.26. The van der Waals surface area contributed by atoms with Crippen molar-refractivity contribution >= 4 is 51.7 Å². The average Bonchev–Trinajstić information content (AvgIpc) is 3.15. The van der Waals surface area contributed by atoms with E-state index in [1.54, 1.807) is 29.3 Å². The Labute approximate surface area is 218 Å². The van der Waals surface area contributed by atoms with Gasteiger partial charge >= 0.3 is 0 Å². The van der Waals surface area contributed by atoms with Gasteiger partial charge in [0.05, 0.1) is 23.6 Å². The summed E-state index contributed by atoms with van der Waals surface area (Å²) in [6, 6.07) is 13.4. The molecule has 2 aliphatic rings. The average molecular weight is 522 g/mol. The highest BCUT2D eigenvalue weighted by atomic mass is 32.2. The number of aliphatic hydroxyl groups is 1. The van der Waals surface area contributed by atoms with Crippen LogP contribution in [-0.2, 0) is 11.3 Å². The van der Waals surface area contributed by atoms with Crippen LogP contribution in [0.4, 0.5) is 5.82 Å². The van der Waals surface area contributed by atoms with Crippen molar-refractivity contribution in [1.82, 2.24) is 19.2 Å². The van der Waals surface area contributed by atoms with E-state index in [0.29, 0.717) is 52.4 Å². The number of aromatic nitrogens is 2. The number of β-amino-alcohol motifs (C(OH)–C–C–N with tert-alkyl or cyclic N) is 1. The van der Waals surface area contributed by atoms with Crippen LogP contribution in [0.2, 0.25) is 0 Å². The second-order valence-corrected chi connectivity index (χ2v) is 10.6. The largest absolute Gasteiger partial charge is 0.395 e. The van der Waals surface area contributed by atoms with Crippen LogP contribution in [-0.4, -0.2) is 73.8 Å². The lowest BCUT2D eigenvalue weighted by Gasteiger charge is -2.35. The van der Waals surface area contributed by atoms with E-state index >= 15 is 0 Å². The number of thioether (sulfide) groups is 1. The lowest BCUT2D eigenvalue weighted by atomic mass is 10.1. The Morgan fingerprint density at radius 2 is 1.83 bits per heavy atom. The summed E-state index contributed by atoms with van der Waals surface area (Å²) in [5.41, 5.74) is 2.85. The summed E-state index contributed by atoms with van der Waals surface area (Å²) in [5.74, 6) is 0.362. The number of hydrogen-bond acceptors (Lipinski definition) is 8. The predicted molar refractivity (Wildman–Crippen MR) is 147 cm³/mol. The standard InChI is InChI=1S/C26H27N5O3S2/c1-18-5-7-19(8-6-18)17-31-25(34)21(36-26(31)35)16-20-23(29-12-10-28(11-13-29)14-15-32)27-22-4-2-3-9-30(22)24(20)33/h2-9,16,32H,10-15,17H2,1H3. The van der Waals surface area contributed by atoms with Gasteiger partial charge in [0.2, 0.25) is 0 Å². The molecule has 0 spiro atoms. The van der Waals surface area contributed by atoms with Crippen molar-refractivity contribution in [3.05, 3.63) is 80.6 Å². The molecule has 2 aromatic heterocycles. The zero-order valence-electron chi connectivity index (χ0n) is 20.0. The first-order chi connectivity index (χ1) is 17.4. The summed E-state index contributed by atoms with van der Waals surface area (Å²) < 4.78 is 1.98. The van der Waals surface area contributed by atoms with E-state index in [0.717, 1.165) is 24.2 Å². The normalized spacial score (nSPS) is 18.1. The minimum absolute atomic E-state index is 0.116. The Balaban J connectivity index is 1.50. The van der Waals surface area contributed by atoms with Crippen molar-refractivity contribution in [1.29, 1.82) is 0 Å². The van der Waals surface area contributed by atoms with Gasteiger partial charge in [-0.2, -0.15) is 0 Å². The molecule has 1 amide bonds. The second kappa shape index (κ2) is 10.5. The van der Waals surface area contributed by atoms with Crippen LogP contribution in [0.5, 0.6) is 0 Å². The third-order valence-corrected chi connectivity index (χ3v) is 7.83. The number of nitrogens with zero attached hydrogens (tertiary/aromatic N) is 5. The van der Waals surface area contributed by atoms with Gasteiger partial charge in [-0.3, -0.25) is 23.8 Å². The Kier molecular flexibility index (Phi) is 7.20. The number of aryl methyl sites for hydroxylation is 1. The van der Waals surface area contributed by atoms with E-state index in [9.17, 15) is 14.7 Å². The zero-order valence-corrected chi connectivity index (χ0v) is 21.6. The number of benzene rings is 1. The Bertz CT molecular complexity index is 1390. The van der Waals surface area contributed by atoms with Crippen molar-refractivity contribution in [2.24, 2.45) is 0 Å². The number of anilines is 1. The van der Waals surface area contributed by atoms with Crippen LogP contribution >= 0.6 is 24.0 Å². The fourth-order valence-electron chi connectivity index (χ4n) is 4.43.